The lowest BCUT2D eigenvalue weighted by molar-refractivity contribution is 0.300. The predicted molar refractivity (Wildman–Crippen MR) is 75.9 cm³/mol. The number of hydrogen-bond acceptors (Lipinski definition) is 3. The maximum atomic E-state index is 6.00. The predicted octanol–water partition coefficient (Wildman–Crippen LogP) is 1.86. The molecule has 3 nitrogen and oxygen atoms in total. The van der Waals surface area contributed by atoms with Crippen molar-refractivity contribution in [2.75, 3.05) is 13.1 Å². The molecule has 2 rings (SSSR count). The van der Waals surface area contributed by atoms with Crippen molar-refractivity contribution in [3.8, 4) is 0 Å². The molecule has 1 heterocycles. The maximum absolute atomic E-state index is 6.00. The minimum absolute atomic E-state index is 0.0131. The van der Waals surface area contributed by atoms with Gasteiger partial charge in [0.05, 0.1) is 3.42 Å². The molecule has 0 amide bonds. The zero-order valence-corrected chi connectivity index (χ0v) is 11.7. The molecule has 1 saturated heterocycles. The fourth-order valence-corrected chi connectivity index (χ4v) is 2.98. The van der Waals surface area contributed by atoms with E-state index in [4.69, 9.17) is 11.6 Å². The smallest absolute Gasteiger partial charge is 0.0580 e. The van der Waals surface area contributed by atoms with Crippen LogP contribution in [0.4, 0.5) is 0 Å². The van der Waals surface area contributed by atoms with Crippen molar-refractivity contribution in [3.05, 3.63) is 35.1 Å². The maximum Gasteiger partial charge on any atom is 0.0580 e. The Labute approximate surface area is 110 Å². The first-order valence-electron chi connectivity index (χ1n) is 5.56. The molecule has 1 aliphatic carbocycles. The Kier molecular flexibility index (Phi) is 3.42. The van der Waals surface area contributed by atoms with Gasteiger partial charge in [-0.2, -0.15) is 0 Å². The van der Waals surface area contributed by atoms with E-state index in [2.05, 4.69) is 47.7 Å². The molecule has 1 aliphatic heterocycles. The Morgan fingerprint density at radius 2 is 1.88 bits per heavy atom. The van der Waals surface area contributed by atoms with Crippen molar-refractivity contribution in [2.45, 2.75) is 23.2 Å². The second kappa shape index (κ2) is 4.50. The van der Waals surface area contributed by atoms with E-state index in [0.29, 0.717) is 0 Å². The molecule has 0 aromatic carbocycles. The molecule has 88 valence electrons. The van der Waals surface area contributed by atoms with Crippen LogP contribution in [-0.4, -0.2) is 21.5 Å². The van der Waals surface area contributed by atoms with Crippen LogP contribution in [0.1, 0.15) is 19.8 Å². The Morgan fingerprint density at radius 1 is 1.25 bits per heavy atom. The van der Waals surface area contributed by atoms with Crippen molar-refractivity contribution >= 4 is 22.6 Å². The van der Waals surface area contributed by atoms with E-state index in [1.807, 2.05) is 5.01 Å². The van der Waals surface area contributed by atoms with E-state index >= 15 is 0 Å². The van der Waals surface area contributed by atoms with Crippen LogP contribution < -0.4 is 11.6 Å². The summed E-state index contributed by atoms with van der Waals surface area (Å²) in [4.78, 5) is 0. The number of halogens is 1. The third-order valence-electron chi connectivity index (χ3n) is 3.00. The first kappa shape index (κ1) is 12.1. The molecule has 0 aromatic heterocycles. The summed E-state index contributed by atoms with van der Waals surface area (Å²) in [5.41, 5.74) is 9.62. The number of allylic oxidation sites excluding steroid dienone is 3. The second-order valence-electron chi connectivity index (χ2n) is 4.67. The van der Waals surface area contributed by atoms with Gasteiger partial charge >= 0.3 is 0 Å². The summed E-state index contributed by atoms with van der Waals surface area (Å²) >= 11 is 2.43. The standard InChI is InChI=1S/C12H18IN3/c1-12(13)7-10-3-5-16(15)4-2-9(10)6-11(14)8-12/h6-8H,2-5,14-15H2,1H3. The molecule has 0 spiro atoms. The Balaban J connectivity index is 2.36. The van der Waals surface area contributed by atoms with E-state index in [1.54, 1.807) is 0 Å². The summed E-state index contributed by atoms with van der Waals surface area (Å²) in [5, 5.41) is 1.89. The monoisotopic (exact) mass is 331 g/mol. The van der Waals surface area contributed by atoms with Gasteiger partial charge in [0.1, 0.15) is 0 Å². The van der Waals surface area contributed by atoms with Gasteiger partial charge in [0, 0.05) is 18.8 Å². The highest BCUT2D eigenvalue weighted by Gasteiger charge is 2.22. The fraction of sp³-hybridized carbons (Fsp3) is 0.500. The lowest BCUT2D eigenvalue weighted by Crippen LogP contribution is -2.31. The van der Waals surface area contributed by atoms with Crippen molar-refractivity contribution in [3.63, 3.8) is 0 Å². The fourth-order valence-electron chi connectivity index (χ4n) is 2.24. The minimum Gasteiger partial charge on any atom is -0.399 e. The largest absolute Gasteiger partial charge is 0.399 e. The third-order valence-corrected chi connectivity index (χ3v) is 3.62. The molecule has 16 heavy (non-hydrogen) atoms. The lowest BCUT2D eigenvalue weighted by Gasteiger charge is -2.15. The van der Waals surface area contributed by atoms with Crippen molar-refractivity contribution in [1.29, 1.82) is 0 Å². The second-order valence-corrected chi connectivity index (χ2v) is 7.00. The molecule has 0 radical (unpaired) electrons. The van der Waals surface area contributed by atoms with Crippen LogP contribution >= 0.6 is 22.6 Å². The molecule has 0 aromatic rings. The Morgan fingerprint density at radius 3 is 2.56 bits per heavy atom. The van der Waals surface area contributed by atoms with Gasteiger partial charge in [-0.1, -0.05) is 28.7 Å². The lowest BCUT2D eigenvalue weighted by atomic mass is 9.99. The number of nitrogens with two attached hydrogens (primary N) is 2. The normalized spacial score (nSPS) is 31.8. The minimum atomic E-state index is 0.0131. The molecule has 4 N–H and O–H groups in total. The van der Waals surface area contributed by atoms with Gasteiger partial charge in [-0.3, -0.25) is 5.84 Å². The molecule has 1 atom stereocenters. The quantitative estimate of drug-likeness (QED) is 0.405. The summed E-state index contributed by atoms with van der Waals surface area (Å²) in [5.74, 6) is 5.86. The zero-order valence-electron chi connectivity index (χ0n) is 9.54. The molecule has 1 fully saturated rings. The first-order chi connectivity index (χ1) is 7.46. The van der Waals surface area contributed by atoms with Gasteiger partial charge in [-0.25, -0.2) is 5.01 Å². The van der Waals surface area contributed by atoms with Crippen LogP contribution in [0.3, 0.4) is 0 Å². The first-order valence-corrected chi connectivity index (χ1v) is 6.64. The van der Waals surface area contributed by atoms with Crippen LogP contribution in [0.2, 0.25) is 0 Å². The molecule has 1 unspecified atom stereocenters. The van der Waals surface area contributed by atoms with Gasteiger partial charge < -0.3 is 5.73 Å². The van der Waals surface area contributed by atoms with Crippen LogP contribution in [0.5, 0.6) is 0 Å². The van der Waals surface area contributed by atoms with Gasteiger partial charge in [0.25, 0.3) is 0 Å². The molecule has 0 bridgehead atoms. The van der Waals surface area contributed by atoms with Gasteiger partial charge in [0.2, 0.25) is 0 Å². The van der Waals surface area contributed by atoms with Crippen LogP contribution in [0.25, 0.3) is 0 Å². The molecule has 2 aliphatic rings. The number of hydrazine groups is 1. The summed E-state index contributed by atoms with van der Waals surface area (Å²) in [6, 6.07) is 0. The van der Waals surface area contributed by atoms with Crippen molar-refractivity contribution in [2.24, 2.45) is 11.6 Å². The van der Waals surface area contributed by atoms with E-state index in [9.17, 15) is 0 Å². The summed E-state index contributed by atoms with van der Waals surface area (Å²) in [6.07, 6.45) is 8.54. The molecular formula is C12H18IN3. The summed E-state index contributed by atoms with van der Waals surface area (Å²) in [7, 11) is 0. The van der Waals surface area contributed by atoms with E-state index in [0.717, 1.165) is 31.6 Å². The average Bonchev–Trinajstić information content (AvgIpc) is 2.36. The highest BCUT2D eigenvalue weighted by Crippen LogP contribution is 2.33. The number of alkyl halides is 1. The molecular weight excluding hydrogens is 313 g/mol. The van der Waals surface area contributed by atoms with Crippen molar-refractivity contribution in [1.82, 2.24) is 5.01 Å². The van der Waals surface area contributed by atoms with Crippen LogP contribution in [-0.2, 0) is 0 Å². The van der Waals surface area contributed by atoms with Crippen LogP contribution in [0.15, 0.2) is 35.1 Å². The number of hydrogen-bond donors (Lipinski definition) is 2. The average molecular weight is 331 g/mol. The zero-order chi connectivity index (χ0) is 11.8. The van der Waals surface area contributed by atoms with Gasteiger partial charge in [-0.05, 0) is 43.1 Å². The van der Waals surface area contributed by atoms with E-state index in [1.165, 1.54) is 11.1 Å². The Bertz CT molecular complexity index is 380. The highest BCUT2D eigenvalue weighted by atomic mass is 127. The third kappa shape index (κ3) is 2.87. The number of nitrogens with zero attached hydrogens (tertiary/aromatic N) is 1. The van der Waals surface area contributed by atoms with E-state index < -0.39 is 0 Å². The summed E-state index contributed by atoms with van der Waals surface area (Å²) < 4.78 is 0.0131. The Hall–Kier alpha value is -0.330. The van der Waals surface area contributed by atoms with Crippen molar-refractivity contribution < 1.29 is 0 Å². The van der Waals surface area contributed by atoms with E-state index in [-0.39, 0.29) is 3.42 Å². The molecule has 0 saturated carbocycles. The topological polar surface area (TPSA) is 55.3 Å². The summed E-state index contributed by atoms with van der Waals surface area (Å²) in [6.45, 7) is 4.01. The van der Waals surface area contributed by atoms with Gasteiger partial charge in [-0.15, -0.1) is 0 Å². The van der Waals surface area contributed by atoms with Crippen LogP contribution in [0, 0.1) is 0 Å². The number of fused-ring (bicyclic) bond motifs is 1. The number of rotatable bonds is 0. The molecule has 4 heteroatoms. The highest BCUT2D eigenvalue weighted by molar-refractivity contribution is 14.1. The van der Waals surface area contributed by atoms with Gasteiger partial charge in [0.15, 0.2) is 0 Å². The SMILES string of the molecule is CC1(I)C=C(N)C=C2CCN(N)CCC2=C1.